The molecule has 0 aliphatic carbocycles. The van der Waals surface area contributed by atoms with Gasteiger partial charge in [0.05, 0.1) is 31.6 Å². The second-order valence-corrected chi connectivity index (χ2v) is 4.13. The molecule has 0 atom stereocenters. The molecule has 6 nitrogen and oxygen atoms in total. The molecule has 1 N–H and O–H groups in total. The topological polar surface area (TPSA) is 73.3 Å². The summed E-state index contributed by atoms with van der Waals surface area (Å²) in [4.78, 5) is 11.5. The number of hydrogen-bond acceptors (Lipinski definition) is 6. The predicted molar refractivity (Wildman–Crippen MR) is 70.7 cm³/mol. The molecule has 0 aliphatic rings. The summed E-state index contributed by atoms with van der Waals surface area (Å²) >= 11 is 1.00. The number of rotatable bonds is 6. The number of aromatic nitrogens is 2. The maximum Gasteiger partial charge on any atom is 0.272 e. The highest BCUT2D eigenvalue weighted by Gasteiger charge is 2.07. The van der Waals surface area contributed by atoms with E-state index in [0.717, 1.165) is 17.5 Å². The van der Waals surface area contributed by atoms with Crippen LogP contribution in [0.25, 0.3) is 0 Å². The number of benzene rings is 1. The lowest BCUT2D eigenvalue weighted by Crippen LogP contribution is -2.28. The third kappa shape index (κ3) is 3.92. The summed E-state index contributed by atoms with van der Waals surface area (Å²) in [6.07, 6.45) is 1.43. The van der Waals surface area contributed by atoms with Gasteiger partial charge in [-0.2, -0.15) is 8.75 Å². The monoisotopic (exact) mass is 279 g/mol. The molecule has 2 aromatic rings. The van der Waals surface area contributed by atoms with Crippen LogP contribution in [0.4, 0.5) is 0 Å². The fourth-order valence-corrected chi connectivity index (χ4v) is 1.79. The second kappa shape index (κ2) is 6.69. The fourth-order valence-electron chi connectivity index (χ4n) is 1.38. The summed E-state index contributed by atoms with van der Waals surface area (Å²) < 4.78 is 18.2. The van der Waals surface area contributed by atoms with E-state index in [4.69, 9.17) is 9.47 Å². The Morgan fingerprint density at radius 2 is 2.26 bits per heavy atom. The summed E-state index contributed by atoms with van der Waals surface area (Å²) in [7, 11) is 1.60. The van der Waals surface area contributed by atoms with E-state index in [1.807, 2.05) is 18.2 Å². The van der Waals surface area contributed by atoms with Crippen LogP contribution in [0.1, 0.15) is 10.5 Å². The van der Waals surface area contributed by atoms with Crippen LogP contribution >= 0.6 is 11.7 Å². The van der Waals surface area contributed by atoms with E-state index in [1.165, 1.54) is 6.20 Å². The zero-order chi connectivity index (χ0) is 13.5. The van der Waals surface area contributed by atoms with Gasteiger partial charge in [-0.15, -0.1) is 0 Å². The first kappa shape index (κ1) is 13.3. The van der Waals surface area contributed by atoms with Crippen molar-refractivity contribution < 1.29 is 14.3 Å². The summed E-state index contributed by atoms with van der Waals surface area (Å²) in [5.74, 6) is 1.18. The van der Waals surface area contributed by atoms with E-state index in [0.29, 0.717) is 24.6 Å². The Kier molecular flexibility index (Phi) is 4.68. The third-order valence-corrected chi connectivity index (χ3v) is 2.77. The van der Waals surface area contributed by atoms with E-state index >= 15 is 0 Å². The van der Waals surface area contributed by atoms with Gasteiger partial charge in [0.15, 0.2) is 5.69 Å². The van der Waals surface area contributed by atoms with Crippen LogP contribution in [-0.2, 0) is 0 Å². The van der Waals surface area contributed by atoms with E-state index in [1.54, 1.807) is 13.2 Å². The van der Waals surface area contributed by atoms with Crippen molar-refractivity contribution in [2.45, 2.75) is 0 Å². The third-order valence-electron chi connectivity index (χ3n) is 2.29. The summed E-state index contributed by atoms with van der Waals surface area (Å²) in [5, 5.41) is 2.69. The lowest BCUT2D eigenvalue weighted by atomic mass is 10.3. The number of nitrogens with one attached hydrogen (secondary N) is 1. The van der Waals surface area contributed by atoms with Crippen molar-refractivity contribution in [1.82, 2.24) is 14.1 Å². The molecule has 2 rings (SSSR count). The van der Waals surface area contributed by atoms with Gasteiger partial charge in [-0.3, -0.25) is 4.79 Å². The Labute approximate surface area is 114 Å². The lowest BCUT2D eigenvalue weighted by Gasteiger charge is -2.08. The van der Waals surface area contributed by atoms with Gasteiger partial charge in [-0.05, 0) is 12.1 Å². The van der Waals surface area contributed by atoms with Crippen LogP contribution in [0.15, 0.2) is 30.5 Å². The summed E-state index contributed by atoms with van der Waals surface area (Å²) in [6.45, 7) is 0.768. The quantitative estimate of drug-likeness (QED) is 0.808. The first-order chi connectivity index (χ1) is 9.29. The minimum atomic E-state index is -0.247. The van der Waals surface area contributed by atoms with Gasteiger partial charge in [-0.25, -0.2) is 0 Å². The van der Waals surface area contributed by atoms with Crippen molar-refractivity contribution in [2.24, 2.45) is 0 Å². The second-order valence-electron chi connectivity index (χ2n) is 3.58. The molecule has 100 valence electrons. The van der Waals surface area contributed by atoms with Crippen LogP contribution in [0.3, 0.4) is 0 Å². The highest BCUT2D eigenvalue weighted by atomic mass is 32.1. The van der Waals surface area contributed by atoms with Crippen LogP contribution < -0.4 is 14.8 Å². The van der Waals surface area contributed by atoms with Crippen molar-refractivity contribution >= 4 is 17.6 Å². The summed E-state index contributed by atoms with van der Waals surface area (Å²) in [5.41, 5.74) is 0.325. The van der Waals surface area contributed by atoms with Gasteiger partial charge in [0, 0.05) is 6.07 Å². The van der Waals surface area contributed by atoms with Crippen LogP contribution in [-0.4, -0.2) is 34.9 Å². The molecule has 19 heavy (non-hydrogen) atoms. The number of amides is 1. The van der Waals surface area contributed by atoms with E-state index in [-0.39, 0.29) is 5.91 Å². The molecule has 0 unspecified atom stereocenters. The number of nitrogens with zero attached hydrogens (tertiary/aromatic N) is 2. The zero-order valence-corrected chi connectivity index (χ0v) is 11.1. The van der Waals surface area contributed by atoms with Gasteiger partial charge < -0.3 is 14.8 Å². The van der Waals surface area contributed by atoms with Crippen molar-refractivity contribution in [3.8, 4) is 11.5 Å². The van der Waals surface area contributed by atoms with Gasteiger partial charge >= 0.3 is 0 Å². The lowest BCUT2D eigenvalue weighted by molar-refractivity contribution is 0.0943. The molecule has 0 bridgehead atoms. The molecular weight excluding hydrogens is 266 g/mol. The fraction of sp³-hybridized carbons (Fsp3) is 0.250. The van der Waals surface area contributed by atoms with E-state index in [9.17, 15) is 4.79 Å². The molecule has 0 fully saturated rings. The first-order valence-corrected chi connectivity index (χ1v) is 6.35. The minimum Gasteiger partial charge on any atom is -0.497 e. The van der Waals surface area contributed by atoms with Crippen LogP contribution in [0.2, 0.25) is 0 Å². The molecule has 1 aromatic heterocycles. The average Bonchev–Trinajstić information content (AvgIpc) is 2.98. The molecule has 0 saturated heterocycles. The number of ether oxygens (including phenoxy) is 2. The normalized spacial score (nSPS) is 9.95. The predicted octanol–water partition coefficient (Wildman–Crippen LogP) is 1.36. The first-order valence-electron chi connectivity index (χ1n) is 5.62. The molecule has 1 heterocycles. The largest absolute Gasteiger partial charge is 0.497 e. The highest BCUT2D eigenvalue weighted by molar-refractivity contribution is 6.99. The molecule has 0 aliphatic heterocycles. The van der Waals surface area contributed by atoms with E-state index in [2.05, 4.69) is 14.1 Å². The van der Waals surface area contributed by atoms with Gasteiger partial charge in [-0.1, -0.05) is 6.07 Å². The van der Waals surface area contributed by atoms with Gasteiger partial charge in [0.1, 0.15) is 18.1 Å². The molecule has 1 amide bonds. The average molecular weight is 279 g/mol. The molecule has 0 saturated carbocycles. The number of hydrogen-bond donors (Lipinski definition) is 1. The molecule has 0 spiro atoms. The smallest absolute Gasteiger partial charge is 0.272 e. The Morgan fingerprint density at radius 1 is 1.42 bits per heavy atom. The summed E-state index contributed by atoms with van der Waals surface area (Å²) in [6, 6.07) is 7.29. The number of carbonyl (C=O) groups is 1. The SMILES string of the molecule is COc1cccc(OCCNC(=O)c2cnsn2)c1. The standard InChI is InChI=1S/C12H13N3O3S/c1-17-9-3-2-4-10(7-9)18-6-5-13-12(16)11-8-14-19-15-11/h2-4,7-8H,5-6H2,1H3,(H,13,16). The Bertz CT molecular complexity index is 531. The highest BCUT2D eigenvalue weighted by Crippen LogP contribution is 2.18. The Hall–Kier alpha value is -2.15. The maximum atomic E-state index is 11.5. The van der Waals surface area contributed by atoms with Crippen molar-refractivity contribution in [2.75, 3.05) is 20.3 Å². The van der Waals surface area contributed by atoms with Crippen molar-refractivity contribution in [3.05, 3.63) is 36.2 Å². The number of methoxy groups -OCH3 is 1. The molecule has 7 heteroatoms. The van der Waals surface area contributed by atoms with Crippen LogP contribution in [0, 0.1) is 0 Å². The molecular formula is C12H13N3O3S. The van der Waals surface area contributed by atoms with Gasteiger partial charge in [0.2, 0.25) is 0 Å². The van der Waals surface area contributed by atoms with Gasteiger partial charge in [0.25, 0.3) is 5.91 Å². The van der Waals surface area contributed by atoms with E-state index < -0.39 is 0 Å². The Balaban J connectivity index is 1.73. The number of carbonyl (C=O) groups excluding carboxylic acids is 1. The Morgan fingerprint density at radius 3 is 3.00 bits per heavy atom. The van der Waals surface area contributed by atoms with Crippen molar-refractivity contribution in [1.29, 1.82) is 0 Å². The molecule has 0 radical (unpaired) electrons. The zero-order valence-electron chi connectivity index (χ0n) is 10.3. The maximum absolute atomic E-state index is 11.5. The molecule has 1 aromatic carbocycles. The van der Waals surface area contributed by atoms with Crippen molar-refractivity contribution in [3.63, 3.8) is 0 Å². The minimum absolute atomic E-state index is 0.247. The van der Waals surface area contributed by atoms with Crippen LogP contribution in [0.5, 0.6) is 11.5 Å².